The molecule has 0 saturated heterocycles. The van der Waals surface area contributed by atoms with Gasteiger partial charge in [-0.05, 0) is 108 Å². The van der Waals surface area contributed by atoms with Crippen molar-refractivity contribution >= 4 is 33.9 Å². The summed E-state index contributed by atoms with van der Waals surface area (Å²) >= 11 is 0. The highest BCUT2D eigenvalue weighted by atomic mass is 16.3. The van der Waals surface area contributed by atoms with E-state index in [4.69, 9.17) is 0 Å². The monoisotopic (exact) mass is 704 g/mol. The van der Waals surface area contributed by atoms with Gasteiger partial charge in [-0.15, -0.1) is 0 Å². The van der Waals surface area contributed by atoms with Crippen molar-refractivity contribution in [3.8, 4) is 11.1 Å². The minimum Gasteiger partial charge on any atom is -0.367 e. The van der Waals surface area contributed by atoms with Gasteiger partial charge in [-0.1, -0.05) is 145 Å². The first-order valence-electron chi connectivity index (χ1n) is 18.6. The van der Waals surface area contributed by atoms with Gasteiger partial charge in [-0.2, -0.15) is 0 Å². The van der Waals surface area contributed by atoms with Crippen molar-refractivity contribution in [2.45, 2.75) is 38.1 Å². The molecule has 6 aromatic carbocycles. The zero-order valence-corrected chi connectivity index (χ0v) is 30.7. The van der Waals surface area contributed by atoms with Crippen LogP contribution in [0.4, 0.5) is 22.7 Å². The van der Waals surface area contributed by atoms with Crippen molar-refractivity contribution in [1.82, 2.24) is 0 Å². The Kier molecular flexibility index (Phi) is 9.47. The van der Waals surface area contributed by atoms with Gasteiger partial charge in [0.2, 0.25) is 0 Å². The van der Waals surface area contributed by atoms with E-state index in [2.05, 4.69) is 140 Å². The van der Waals surface area contributed by atoms with Crippen molar-refractivity contribution in [1.29, 1.82) is 0 Å². The zero-order chi connectivity index (χ0) is 37.1. The molecule has 2 unspecified atom stereocenters. The maximum absolute atomic E-state index is 12.4. The fourth-order valence-corrected chi connectivity index (χ4v) is 7.48. The highest BCUT2D eigenvalue weighted by Crippen LogP contribution is 2.42. The summed E-state index contributed by atoms with van der Waals surface area (Å²) in [4.78, 5) is 4.03. The molecule has 0 aromatic heterocycles. The molecule has 2 N–H and O–H groups in total. The summed E-state index contributed by atoms with van der Waals surface area (Å²) in [5.41, 5.74) is 9.84. The van der Waals surface area contributed by atoms with E-state index in [0.29, 0.717) is 18.5 Å². The lowest BCUT2D eigenvalue weighted by Gasteiger charge is -2.49. The SMILES string of the molecule is Cc1ccc(N(c2ccc(C)cc2)c2ccc(-c3ccc(N(C4(O)C=CC(c5ccccc5)=CC4)C4(O)C=CC(c5ccccc5)=CC4)cc3)cc2)cc1. The summed E-state index contributed by atoms with van der Waals surface area (Å²) in [6.07, 6.45) is 12.3. The van der Waals surface area contributed by atoms with Gasteiger partial charge in [-0.25, -0.2) is 0 Å². The summed E-state index contributed by atoms with van der Waals surface area (Å²) in [5.74, 6) is 0. The molecule has 0 amide bonds. The number of aliphatic hydroxyl groups is 2. The summed E-state index contributed by atoms with van der Waals surface area (Å²) in [6.45, 7) is 4.21. The number of nitrogens with zero attached hydrogens (tertiary/aromatic N) is 2. The predicted octanol–water partition coefficient (Wildman–Crippen LogP) is 11.7. The quantitative estimate of drug-likeness (QED) is 0.147. The van der Waals surface area contributed by atoms with Crippen LogP contribution in [-0.2, 0) is 0 Å². The van der Waals surface area contributed by atoms with Crippen molar-refractivity contribution in [3.63, 3.8) is 0 Å². The fraction of sp³-hybridized carbons (Fsp3) is 0.120. The topological polar surface area (TPSA) is 46.9 Å². The molecule has 266 valence electrons. The average Bonchev–Trinajstić information content (AvgIpc) is 3.21. The Balaban J connectivity index is 1.10. The van der Waals surface area contributed by atoms with Crippen LogP contribution >= 0.6 is 0 Å². The molecule has 8 rings (SSSR count). The van der Waals surface area contributed by atoms with Crippen LogP contribution in [0.3, 0.4) is 0 Å². The number of hydrogen-bond donors (Lipinski definition) is 2. The Morgan fingerprint density at radius 2 is 0.759 bits per heavy atom. The molecule has 2 aliphatic rings. The van der Waals surface area contributed by atoms with E-state index in [1.807, 2.05) is 72.8 Å². The van der Waals surface area contributed by atoms with Crippen molar-refractivity contribution in [2.75, 3.05) is 9.80 Å². The third kappa shape index (κ3) is 7.10. The Labute approximate surface area is 318 Å². The average molecular weight is 705 g/mol. The second kappa shape index (κ2) is 14.7. The maximum atomic E-state index is 12.4. The number of hydrogen-bond acceptors (Lipinski definition) is 4. The normalized spacial score (nSPS) is 19.2. The van der Waals surface area contributed by atoms with E-state index >= 15 is 0 Å². The summed E-state index contributed by atoms with van der Waals surface area (Å²) < 4.78 is 0. The Hall–Kier alpha value is -6.20. The first kappa shape index (κ1) is 34.9. The van der Waals surface area contributed by atoms with Crippen molar-refractivity contribution in [2.24, 2.45) is 0 Å². The number of benzene rings is 6. The zero-order valence-electron chi connectivity index (χ0n) is 30.7. The van der Waals surface area contributed by atoms with Crippen molar-refractivity contribution in [3.05, 3.63) is 216 Å². The van der Waals surface area contributed by atoms with Crippen LogP contribution in [-0.4, -0.2) is 21.7 Å². The number of rotatable bonds is 9. The standard InChI is InChI=1S/C50H44N2O2/c1-37-13-21-45(22-14-37)51(46-23-15-38(2)16-24-46)47-25-17-41(18-26-47)42-19-27-48(28-20-42)52(49(53)33-29-43(30-34-49)39-9-5-3-6-10-39)50(54)35-31-44(32-36-50)40-11-7-4-8-12-40/h3-33,35,53-54H,34,36H2,1-2H3. The van der Waals surface area contributed by atoms with E-state index < -0.39 is 11.4 Å². The molecule has 6 aromatic rings. The van der Waals surface area contributed by atoms with E-state index in [-0.39, 0.29) is 0 Å². The van der Waals surface area contributed by atoms with Gasteiger partial charge in [0.25, 0.3) is 0 Å². The van der Waals surface area contributed by atoms with Crippen molar-refractivity contribution < 1.29 is 10.2 Å². The fourth-order valence-electron chi connectivity index (χ4n) is 7.48. The largest absolute Gasteiger partial charge is 0.367 e. The first-order valence-corrected chi connectivity index (χ1v) is 18.6. The summed E-state index contributed by atoms with van der Waals surface area (Å²) in [7, 11) is 0. The number of anilines is 4. The van der Waals surface area contributed by atoms with Crippen LogP contribution in [0, 0.1) is 13.8 Å². The highest BCUT2D eigenvalue weighted by Gasteiger charge is 2.45. The summed E-state index contributed by atoms with van der Waals surface area (Å²) in [6, 6.07) is 54.3. The lowest BCUT2D eigenvalue weighted by atomic mass is 9.88. The molecule has 0 spiro atoms. The highest BCUT2D eigenvalue weighted by molar-refractivity contribution is 5.80. The van der Waals surface area contributed by atoms with Crippen LogP contribution in [0.1, 0.15) is 35.1 Å². The molecule has 0 fully saturated rings. The maximum Gasteiger partial charge on any atom is 0.163 e. The third-order valence-corrected chi connectivity index (χ3v) is 10.5. The molecule has 4 nitrogen and oxygen atoms in total. The van der Waals surface area contributed by atoms with Gasteiger partial charge in [-0.3, -0.25) is 0 Å². The molecule has 0 aliphatic heterocycles. The smallest absolute Gasteiger partial charge is 0.163 e. The summed E-state index contributed by atoms with van der Waals surface area (Å²) in [5, 5.41) is 24.8. The minimum absolute atomic E-state index is 0.306. The van der Waals surface area contributed by atoms with Crippen LogP contribution in [0.2, 0.25) is 0 Å². The van der Waals surface area contributed by atoms with Gasteiger partial charge in [0.05, 0.1) is 0 Å². The molecular weight excluding hydrogens is 661 g/mol. The van der Waals surface area contributed by atoms with Gasteiger partial charge in [0.1, 0.15) is 0 Å². The second-order valence-electron chi connectivity index (χ2n) is 14.3. The lowest BCUT2D eigenvalue weighted by Crippen LogP contribution is -2.60. The molecule has 2 aliphatic carbocycles. The van der Waals surface area contributed by atoms with Crippen LogP contribution in [0.25, 0.3) is 22.3 Å². The Morgan fingerprint density at radius 1 is 0.407 bits per heavy atom. The van der Waals surface area contributed by atoms with Crippen LogP contribution in [0.15, 0.2) is 194 Å². The molecule has 0 radical (unpaired) electrons. The van der Waals surface area contributed by atoms with Gasteiger partial charge in [0, 0.05) is 35.6 Å². The minimum atomic E-state index is -1.48. The molecular formula is C50H44N2O2. The molecule has 2 atom stereocenters. The van der Waals surface area contributed by atoms with E-state index in [0.717, 1.165) is 50.5 Å². The molecule has 4 heteroatoms. The van der Waals surface area contributed by atoms with Crippen LogP contribution < -0.4 is 9.80 Å². The first-order chi connectivity index (χ1) is 26.3. The van der Waals surface area contributed by atoms with Crippen LogP contribution in [0.5, 0.6) is 0 Å². The molecule has 54 heavy (non-hydrogen) atoms. The molecule has 0 saturated carbocycles. The third-order valence-electron chi connectivity index (χ3n) is 10.5. The second-order valence-corrected chi connectivity index (χ2v) is 14.3. The molecule has 0 bridgehead atoms. The number of aryl methyl sites for hydroxylation is 2. The van der Waals surface area contributed by atoms with Gasteiger partial charge in [0.15, 0.2) is 11.4 Å². The number of allylic oxidation sites excluding steroid dienone is 4. The van der Waals surface area contributed by atoms with E-state index in [1.165, 1.54) is 11.1 Å². The Morgan fingerprint density at radius 3 is 1.11 bits per heavy atom. The van der Waals surface area contributed by atoms with E-state index in [9.17, 15) is 10.2 Å². The Bertz CT molecular complexity index is 2220. The predicted molar refractivity (Wildman–Crippen MR) is 225 cm³/mol. The van der Waals surface area contributed by atoms with E-state index in [1.54, 1.807) is 4.90 Å². The van der Waals surface area contributed by atoms with Gasteiger partial charge < -0.3 is 20.0 Å². The lowest BCUT2D eigenvalue weighted by molar-refractivity contribution is -0.00566. The van der Waals surface area contributed by atoms with Gasteiger partial charge >= 0.3 is 0 Å². The molecule has 0 heterocycles.